The number of rotatable bonds is 8. The summed E-state index contributed by atoms with van der Waals surface area (Å²) in [6, 6.07) is 7.90. The van der Waals surface area contributed by atoms with Crippen molar-refractivity contribution in [1.82, 2.24) is 0 Å². The third kappa shape index (κ3) is 5.60. The molecule has 0 bridgehead atoms. The Kier molecular flexibility index (Phi) is 6.85. The molecule has 176 valence electrons. The van der Waals surface area contributed by atoms with Crippen LogP contribution < -0.4 is 5.73 Å². The Morgan fingerprint density at radius 2 is 1.84 bits per heavy atom. The molecule has 2 fully saturated rings. The highest BCUT2D eigenvalue weighted by molar-refractivity contribution is 7.92. The van der Waals surface area contributed by atoms with E-state index < -0.39 is 41.3 Å². The van der Waals surface area contributed by atoms with E-state index in [9.17, 15) is 8.42 Å². The van der Waals surface area contributed by atoms with E-state index >= 15 is 0 Å². The van der Waals surface area contributed by atoms with Crippen LogP contribution in [0.25, 0.3) is 0 Å². The molecule has 2 aliphatic rings. The molecule has 1 saturated heterocycles. The highest BCUT2D eigenvalue weighted by atomic mass is 32.2. The average molecular weight is 470 g/mol. The van der Waals surface area contributed by atoms with E-state index in [1.165, 1.54) is 0 Å². The minimum atomic E-state index is -3.63. The number of sulfone groups is 1. The molecule has 31 heavy (non-hydrogen) atoms. The second kappa shape index (κ2) is 8.54. The van der Waals surface area contributed by atoms with Gasteiger partial charge in [-0.3, -0.25) is 0 Å². The maximum Gasteiger partial charge on any atom is 0.192 e. The van der Waals surface area contributed by atoms with Crippen molar-refractivity contribution >= 4 is 18.2 Å². The second-order valence-electron chi connectivity index (χ2n) is 11.0. The Hall–Kier alpha value is -0.773. The lowest BCUT2D eigenvalue weighted by atomic mass is 10.0. The first kappa shape index (κ1) is 24.9. The maximum atomic E-state index is 13.6. The molecule has 8 heteroatoms. The number of nitrogens with two attached hydrogens (primary N) is 1. The molecule has 1 saturated carbocycles. The molecule has 1 aliphatic carbocycles. The smallest absolute Gasteiger partial charge is 0.192 e. The fraction of sp³-hybridized carbons (Fsp3) is 0.739. The van der Waals surface area contributed by atoms with Gasteiger partial charge in [0.2, 0.25) is 0 Å². The van der Waals surface area contributed by atoms with Crippen LogP contribution in [0.3, 0.4) is 0 Å². The molecular formula is C23H39NO5SSi. The quantitative estimate of drug-likeness (QED) is 0.577. The van der Waals surface area contributed by atoms with Crippen LogP contribution in [-0.2, 0) is 23.7 Å². The number of hydrogen-bond acceptors (Lipinski definition) is 6. The van der Waals surface area contributed by atoms with E-state index in [1.807, 2.05) is 19.9 Å². The lowest BCUT2D eigenvalue weighted by Crippen LogP contribution is -2.50. The second-order valence-corrected chi connectivity index (χ2v) is 17.9. The van der Waals surface area contributed by atoms with Crippen LogP contribution in [0.2, 0.25) is 18.1 Å². The van der Waals surface area contributed by atoms with Gasteiger partial charge in [0, 0.05) is 6.10 Å². The molecule has 0 spiro atoms. The van der Waals surface area contributed by atoms with Crippen molar-refractivity contribution in [2.75, 3.05) is 6.61 Å². The molecule has 1 aromatic rings. The van der Waals surface area contributed by atoms with Crippen molar-refractivity contribution in [3.05, 3.63) is 30.3 Å². The minimum Gasteiger partial charge on any atom is -0.414 e. The third-order valence-electron chi connectivity index (χ3n) is 7.00. The van der Waals surface area contributed by atoms with Crippen LogP contribution in [-0.4, -0.2) is 52.6 Å². The summed E-state index contributed by atoms with van der Waals surface area (Å²) in [6.45, 7) is 15.1. The minimum absolute atomic E-state index is 0.110. The van der Waals surface area contributed by atoms with Gasteiger partial charge < -0.3 is 19.6 Å². The Bertz CT molecular complexity index is 866. The van der Waals surface area contributed by atoms with E-state index in [0.717, 1.165) is 6.42 Å². The van der Waals surface area contributed by atoms with Crippen molar-refractivity contribution < 1.29 is 22.3 Å². The summed E-state index contributed by atoms with van der Waals surface area (Å²) < 4.78 is 45.3. The molecule has 0 amide bonds. The summed E-state index contributed by atoms with van der Waals surface area (Å²) in [5, 5.41) is -0.637. The van der Waals surface area contributed by atoms with Crippen molar-refractivity contribution in [2.45, 2.75) is 99.8 Å². The Morgan fingerprint density at radius 1 is 1.23 bits per heavy atom. The Labute approximate surface area is 188 Å². The number of benzene rings is 1. The first-order chi connectivity index (χ1) is 14.1. The zero-order valence-corrected chi connectivity index (χ0v) is 21.7. The van der Waals surface area contributed by atoms with Crippen molar-refractivity contribution in [1.29, 1.82) is 0 Å². The van der Waals surface area contributed by atoms with Crippen LogP contribution in [0.1, 0.15) is 47.5 Å². The Balaban J connectivity index is 1.79. The first-order valence-corrected chi connectivity index (χ1v) is 15.6. The molecule has 3 rings (SSSR count). The predicted octanol–water partition coefficient (Wildman–Crippen LogP) is 4.11. The largest absolute Gasteiger partial charge is 0.414 e. The molecule has 0 aromatic heterocycles. The predicted molar refractivity (Wildman–Crippen MR) is 125 cm³/mol. The highest BCUT2D eigenvalue weighted by Crippen LogP contribution is 2.46. The van der Waals surface area contributed by atoms with Crippen LogP contribution in [0.5, 0.6) is 0 Å². The van der Waals surface area contributed by atoms with Crippen molar-refractivity contribution in [3.63, 3.8) is 0 Å². The fourth-order valence-electron chi connectivity index (χ4n) is 3.89. The average Bonchev–Trinajstić information content (AvgIpc) is 3.27. The molecule has 1 aromatic carbocycles. The Morgan fingerprint density at radius 3 is 2.35 bits per heavy atom. The van der Waals surface area contributed by atoms with Gasteiger partial charge in [-0.1, -0.05) is 39.0 Å². The topological polar surface area (TPSA) is 87.9 Å². The number of hydrogen-bond donors (Lipinski definition) is 1. The number of ether oxygens (including phenoxy) is 2. The van der Waals surface area contributed by atoms with E-state index in [4.69, 9.17) is 19.6 Å². The van der Waals surface area contributed by atoms with E-state index in [1.54, 1.807) is 24.3 Å². The van der Waals surface area contributed by atoms with Crippen LogP contribution >= 0.6 is 0 Å². The van der Waals surface area contributed by atoms with Crippen LogP contribution in [0.4, 0.5) is 0 Å². The molecule has 2 N–H and O–H groups in total. The summed E-state index contributed by atoms with van der Waals surface area (Å²) in [4.78, 5) is 0.302. The zero-order chi connectivity index (χ0) is 23.2. The van der Waals surface area contributed by atoms with Gasteiger partial charge in [0.15, 0.2) is 23.9 Å². The van der Waals surface area contributed by atoms with Gasteiger partial charge in [-0.2, -0.15) is 0 Å². The fourth-order valence-corrected chi connectivity index (χ4v) is 7.26. The van der Waals surface area contributed by atoms with Gasteiger partial charge in [0.05, 0.1) is 22.8 Å². The van der Waals surface area contributed by atoms with E-state index in [2.05, 4.69) is 33.9 Å². The maximum absolute atomic E-state index is 13.6. The SMILES string of the molecule is CC1(C)OC[C@H]([C@H](N)[C@@H](C[C@H]2C[C@H]2O[Si](C)(C)C(C)(C)C)S(=O)(=O)c2ccccc2)O1. The summed E-state index contributed by atoms with van der Waals surface area (Å²) in [6.07, 6.45) is 1.00. The van der Waals surface area contributed by atoms with Gasteiger partial charge in [0.1, 0.15) is 6.10 Å². The lowest BCUT2D eigenvalue weighted by Gasteiger charge is -2.36. The monoisotopic (exact) mass is 469 g/mol. The van der Waals surface area contributed by atoms with Crippen LogP contribution in [0.15, 0.2) is 35.2 Å². The normalized spacial score (nSPS) is 28.3. The molecule has 1 heterocycles. The van der Waals surface area contributed by atoms with Gasteiger partial charge in [-0.25, -0.2) is 8.42 Å². The first-order valence-electron chi connectivity index (χ1n) is 11.2. The standard InChI is InChI=1S/C23H39NO5SSi/c1-22(2,3)31(6,7)29-18-13-16(18)14-20(21(24)19-15-27-23(4,5)28-19)30(25,26)17-11-9-8-10-12-17/h8-12,16,18-21H,13-15,24H2,1-7H3/t16-,18-,19-,20-,21+/m1/s1. The van der Waals surface area contributed by atoms with Gasteiger partial charge in [-0.15, -0.1) is 0 Å². The highest BCUT2D eigenvalue weighted by Gasteiger charge is 2.51. The van der Waals surface area contributed by atoms with E-state index in [-0.39, 0.29) is 17.1 Å². The summed E-state index contributed by atoms with van der Waals surface area (Å²) >= 11 is 0. The summed E-state index contributed by atoms with van der Waals surface area (Å²) in [5.74, 6) is -0.560. The van der Waals surface area contributed by atoms with Gasteiger partial charge in [0.25, 0.3) is 0 Å². The molecule has 0 radical (unpaired) electrons. The van der Waals surface area contributed by atoms with Crippen molar-refractivity contribution in [3.8, 4) is 0 Å². The van der Waals surface area contributed by atoms with Crippen LogP contribution in [0, 0.1) is 5.92 Å². The summed E-state index contributed by atoms with van der Waals surface area (Å²) in [5.41, 5.74) is 6.57. The molecule has 0 unspecified atom stereocenters. The lowest BCUT2D eigenvalue weighted by molar-refractivity contribution is -0.140. The van der Waals surface area contributed by atoms with Gasteiger partial charge >= 0.3 is 0 Å². The third-order valence-corrected chi connectivity index (χ3v) is 13.7. The summed E-state index contributed by atoms with van der Waals surface area (Å²) in [7, 11) is -5.54. The molecule has 5 atom stereocenters. The molecular weight excluding hydrogens is 430 g/mol. The van der Waals surface area contributed by atoms with Gasteiger partial charge in [-0.05, 0) is 62.9 Å². The zero-order valence-electron chi connectivity index (χ0n) is 19.9. The van der Waals surface area contributed by atoms with E-state index in [0.29, 0.717) is 17.9 Å². The van der Waals surface area contributed by atoms with Crippen molar-refractivity contribution in [2.24, 2.45) is 11.7 Å². The molecule has 6 nitrogen and oxygen atoms in total. The molecule has 1 aliphatic heterocycles.